The summed E-state index contributed by atoms with van der Waals surface area (Å²) < 4.78 is 5.34. The van der Waals surface area contributed by atoms with Crippen molar-refractivity contribution < 1.29 is 9.53 Å². The van der Waals surface area contributed by atoms with E-state index >= 15 is 0 Å². The van der Waals surface area contributed by atoms with E-state index in [1.807, 2.05) is 39.8 Å². The minimum absolute atomic E-state index is 0.100. The first-order valence-electron chi connectivity index (χ1n) is 6.76. The SMILES string of the molecule is CC(CNCCC#N)N(CCC#N)C(=O)OC(C)(C)C. The Morgan fingerprint density at radius 1 is 1.30 bits per heavy atom. The normalized spacial score (nSPS) is 12.1. The van der Waals surface area contributed by atoms with E-state index < -0.39 is 11.7 Å². The molecule has 0 aromatic carbocycles. The highest BCUT2D eigenvalue weighted by molar-refractivity contribution is 5.68. The van der Waals surface area contributed by atoms with Crippen LogP contribution in [0.2, 0.25) is 0 Å². The molecule has 0 rings (SSSR count). The Balaban J connectivity index is 4.50. The van der Waals surface area contributed by atoms with Gasteiger partial charge in [-0.1, -0.05) is 0 Å². The highest BCUT2D eigenvalue weighted by atomic mass is 16.6. The smallest absolute Gasteiger partial charge is 0.410 e. The van der Waals surface area contributed by atoms with Crippen LogP contribution in [0.1, 0.15) is 40.5 Å². The molecular formula is C14H24N4O2. The predicted octanol–water partition coefficient (Wildman–Crippen LogP) is 2.03. The fraction of sp³-hybridized carbons (Fsp3) is 0.786. The van der Waals surface area contributed by atoms with Gasteiger partial charge in [-0.3, -0.25) is 0 Å². The van der Waals surface area contributed by atoms with Crippen LogP contribution in [-0.4, -0.2) is 42.3 Å². The average molecular weight is 280 g/mol. The fourth-order valence-electron chi connectivity index (χ4n) is 1.55. The summed E-state index contributed by atoms with van der Waals surface area (Å²) in [5.74, 6) is 0. The van der Waals surface area contributed by atoms with Crippen molar-refractivity contribution in [1.29, 1.82) is 10.5 Å². The first kappa shape index (κ1) is 18.2. The highest BCUT2D eigenvalue weighted by Crippen LogP contribution is 2.12. The van der Waals surface area contributed by atoms with Gasteiger partial charge in [0.15, 0.2) is 0 Å². The van der Waals surface area contributed by atoms with Crippen molar-refractivity contribution in [2.45, 2.75) is 52.2 Å². The molecular weight excluding hydrogens is 256 g/mol. The Kier molecular flexibility index (Phi) is 8.35. The molecule has 0 saturated carbocycles. The molecule has 112 valence electrons. The van der Waals surface area contributed by atoms with Crippen LogP contribution in [0.4, 0.5) is 4.79 Å². The number of nitrogens with one attached hydrogen (secondary N) is 1. The van der Waals surface area contributed by atoms with Crippen LogP contribution in [0.5, 0.6) is 0 Å². The Morgan fingerprint density at radius 3 is 2.40 bits per heavy atom. The quantitative estimate of drug-likeness (QED) is 0.721. The highest BCUT2D eigenvalue weighted by Gasteiger charge is 2.25. The maximum Gasteiger partial charge on any atom is 0.410 e. The van der Waals surface area contributed by atoms with Crippen LogP contribution >= 0.6 is 0 Å². The monoisotopic (exact) mass is 280 g/mol. The molecule has 1 N–H and O–H groups in total. The van der Waals surface area contributed by atoms with Crippen molar-refractivity contribution in [2.75, 3.05) is 19.6 Å². The molecule has 6 nitrogen and oxygen atoms in total. The number of carbonyl (C=O) groups is 1. The van der Waals surface area contributed by atoms with Crippen molar-refractivity contribution in [3.63, 3.8) is 0 Å². The number of carbonyl (C=O) groups excluding carboxylic acids is 1. The number of nitriles is 2. The molecule has 0 spiro atoms. The zero-order valence-electron chi connectivity index (χ0n) is 12.8. The molecule has 0 aliphatic rings. The van der Waals surface area contributed by atoms with E-state index in [9.17, 15) is 4.79 Å². The maximum absolute atomic E-state index is 12.1. The van der Waals surface area contributed by atoms with Gasteiger partial charge in [0.25, 0.3) is 0 Å². The minimum atomic E-state index is -0.560. The van der Waals surface area contributed by atoms with Crippen LogP contribution < -0.4 is 5.32 Å². The molecule has 0 radical (unpaired) electrons. The van der Waals surface area contributed by atoms with Crippen molar-refractivity contribution in [3.05, 3.63) is 0 Å². The molecule has 0 aromatic heterocycles. The van der Waals surface area contributed by atoms with Gasteiger partial charge in [-0.05, 0) is 27.7 Å². The molecule has 0 saturated heterocycles. The largest absolute Gasteiger partial charge is 0.444 e. The van der Waals surface area contributed by atoms with E-state index in [2.05, 4.69) is 5.32 Å². The van der Waals surface area contributed by atoms with Crippen LogP contribution in [-0.2, 0) is 4.74 Å². The van der Waals surface area contributed by atoms with Gasteiger partial charge in [0.05, 0.1) is 18.6 Å². The van der Waals surface area contributed by atoms with Gasteiger partial charge in [-0.2, -0.15) is 10.5 Å². The van der Waals surface area contributed by atoms with Crippen LogP contribution in [0, 0.1) is 22.7 Å². The van der Waals surface area contributed by atoms with Crippen LogP contribution in [0.25, 0.3) is 0 Å². The second-order valence-electron chi connectivity index (χ2n) is 5.54. The van der Waals surface area contributed by atoms with Gasteiger partial charge in [-0.25, -0.2) is 4.79 Å². The Bertz CT molecular complexity index is 376. The average Bonchev–Trinajstić information content (AvgIpc) is 2.33. The third-order valence-corrected chi connectivity index (χ3v) is 2.48. The summed E-state index contributed by atoms with van der Waals surface area (Å²) >= 11 is 0. The maximum atomic E-state index is 12.1. The van der Waals surface area contributed by atoms with E-state index in [4.69, 9.17) is 15.3 Å². The number of hydrogen-bond donors (Lipinski definition) is 1. The summed E-state index contributed by atoms with van der Waals surface area (Å²) in [6, 6.07) is 3.98. The lowest BCUT2D eigenvalue weighted by molar-refractivity contribution is 0.0181. The summed E-state index contributed by atoms with van der Waals surface area (Å²) in [6.07, 6.45) is 0.279. The molecule has 0 bridgehead atoms. The summed E-state index contributed by atoms with van der Waals surface area (Å²) in [5.41, 5.74) is -0.560. The molecule has 0 aliphatic carbocycles. The number of nitrogens with zero attached hydrogens (tertiary/aromatic N) is 3. The molecule has 1 atom stereocenters. The Labute approximate surface area is 121 Å². The first-order valence-corrected chi connectivity index (χ1v) is 6.76. The Hall–Kier alpha value is -1.79. The molecule has 0 aliphatic heterocycles. The van der Waals surface area contributed by atoms with Crippen LogP contribution in [0.15, 0.2) is 0 Å². The van der Waals surface area contributed by atoms with E-state index in [0.29, 0.717) is 26.1 Å². The summed E-state index contributed by atoms with van der Waals surface area (Å²) in [5, 5.41) is 20.2. The lowest BCUT2D eigenvalue weighted by Crippen LogP contribution is -2.46. The molecule has 6 heteroatoms. The molecule has 0 fully saturated rings. The van der Waals surface area contributed by atoms with Crippen molar-refractivity contribution in [1.82, 2.24) is 10.2 Å². The molecule has 1 unspecified atom stereocenters. The summed E-state index contributed by atoms with van der Waals surface area (Å²) in [7, 11) is 0. The van der Waals surface area contributed by atoms with Gasteiger partial charge in [0, 0.05) is 32.1 Å². The van der Waals surface area contributed by atoms with Gasteiger partial charge >= 0.3 is 6.09 Å². The lowest BCUT2D eigenvalue weighted by Gasteiger charge is -2.31. The summed E-state index contributed by atoms with van der Waals surface area (Å²) in [4.78, 5) is 13.7. The number of rotatable bonds is 7. The molecule has 0 aromatic rings. The second kappa shape index (κ2) is 9.17. The molecule has 20 heavy (non-hydrogen) atoms. The van der Waals surface area contributed by atoms with E-state index in [1.165, 1.54) is 0 Å². The van der Waals surface area contributed by atoms with Crippen molar-refractivity contribution >= 4 is 6.09 Å². The topological polar surface area (TPSA) is 89.2 Å². The fourth-order valence-corrected chi connectivity index (χ4v) is 1.55. The number of amides is 1. The third-order valence-electron chi connectivity index (χ3n) is 2.48. The molecule has 1 amide bonds. The van der Waals surface area contributed by atoms with Gasteiger partial charge in [0.2, 0.25) is 0 Å². The van der Waals surface area contributed by atoms with Gasteiger partial charge in [0.1, 0.15) is 5.60 Å². The number of hydrogen-bond acceptors (Lipinski definition) is 5. The minimum Gasteiger partial charge on any atom is -0.444 e. The zero-order valence-corrected chi connectivity index (χ0v) is 12.8. The predicted molar refractivity (Wildman–Crippen MR) is 75.7 cm³/mol. The Morgan fingerprint density at radius 2 is 1.90 bits per heavy atom. The van der Waals surface area contributed by atoms with Gasteiger partial charge in [-0.15, -0.1) is 0 Å². The lowest BCUT2D eigenvalue weighted by atomic mass is 10.2. The van der Waals surface area contributed by atoms with Crippen molar-refractivity contribution in [3.8, 4) is 12.1 Å². The summed E-state index contributed by atoms with van der Waals surface area (Å²) in [6.45, 7) is 8.80. The van der Waals surface area contributed by atoms with Crippen molar-refractivity contribution in [2.24, 2.45) is 0 Å². The zero-order chi connectivity index (χ0) is 15.6. The van der Waals surface area contributed by atoms with E-state index in [0.717, 1.165) is 0 Å². The standard InChI is InChI=1S/C14H24N4O2/c1-12(11-17-9-5-7-15)18(10-6-8-16)13(19)20-14(2,3)4/h12,17H,5-6,9-11H2,1-4H3. The molecule has 0 heterocycles. The van der Waals surface area contributed by atoms with Gasteiger partial charge < -0.3 is 15.0 Å². The van der Waals surface area contributed by atoms with E-state index in [1.54, 1.807) is 4.90 Å². The third kappa shape index (κ3) is 8.34. The van der Waals surface area contributed by atoms with E-state index in [-0.39, 0.29) is 12.5 Å². The first-order chi connectivity index (χ1) is 9.31. The number of ether oxygens (including phenoxy) is 1. The second-order valence-corrected chi connectivity index (χ2v) is 5.54. The van der Waals surface area contributed by atoms with Crippen LogP contribution in [0.3, 0.4) is 0 Å².